The van der Waals surface area contributed by atoms with Crippen molar-refractivity contribution in [2.45, 2.75) is 32.4 Å². The number of carbonyl (C=O) groups is 1. The Bertz CT molecular complexity index is 1140. The smallest absolute Gasteiger partial charge is 0.225 e. The Labute approximate surface area is 181 Å². The lowest BCUT2D eigenvalue weighted by Gasteiger charge is -2.16. The Morgan fingerprint density at radius 1 is 1.19 bits per heavy atom. The molecule has 2 fully saturated rings. The molecule has 2 atom stereocenters. The van der Waals surface area contributed by atoms with E-state index in [1.807, 2.05) is 0 Å². The highest BCUT2D eigenvalue weighted by atomic mass is 19.1. The lowest BCUT2D eigenvalue weighted by atomic mass is 10.2. The van der Waals surface area contributed by atoms with E-state index >= 15 is 0 Å². The van der Waals surface area contributed by atoms with Crippen LogP contribution in [0.25, 0.3) is 11.2 Å². The minimum Gasteiger partial charge on any atom is -0.379 e. The van der Waals surface area contributed by atoms with E-state index < -0.39 is 23.1 Å². The maximum absolute atomic E-state index is 14.2. The van der Waals surface area contributed by atoms with Crippen molar-refractivity contribution in [1.29, 1.82) is 0 Å². The van der Waals surface area contributed by atoms with Crippen LogP contribution in [0, 0.1) is 17.5 Å². The summed E-state index contributed by atoms with van der Waals surface area (Å²) in [6.45, 7) is 1.36. The summed E-state index contributed by atoms with van der Waals surface area (Å²) < 4.78 is 48.9. The Kier molecular flexibility index (Phi) is 5.87. The van der Waals surface area contributed by atoms with Gasteiger partial charge in [0.1, 0.15) is 17.0 Å². The molecule has 0 radical (unpaired) electrons. The second-order valence-electron chi connectivity index (χ2n) is 7.44. The summed E-state index contributed by atoms with van der Waals surface area (Å²) >= 11 is 0. The van der Waals surface area contributed by atoms with Crippen LogP contribution in [0.5, 0.6) is 0 Å². The molecule has 3 aromatic rings. The molecule has 5 rings (SSSR count). The van der Waals surface area contributed by atoms with E-state index in [1.54, 1.807) is 4.57 Å². The molecular weight excluding hydrogens is 427 g/mol. The molecule has 2 aliphatic rings. The molecule has 2 aliphatic heterocycles. The van der Waals surface area contributed by atoms with E-state index in [0.29, 0.717) is 61.8 Å². The summed E-state index contributed by atoms with van der Waals surface area (Å²) in [7, 11) is 0. The van der Waals surface area contributed by atoms with Crippen LogP contribution in [-0.2, 0) is 9.53 Å². The van der Waals surface area contributed by atoms with Crippen LogP contribution >= 0.6 is 0 Å². The fourth-order valence-corrected chi connectivity index (χ4v) is 3.78. The predicted octanol–water partition coefficient (Wildman–Crippen LogP) is 2.89. The summed E-state index contributed by atoms with van der Waals surface area (Å²) in [6, 6.07) is 0.874. The molecule has 0 saturated carbocycles. The van der Waals surface area contributed by atoms with Crippen LogP contribution < -0.4 is 16.0 Å². The molecule has 32 heavy (non-hydrogen) atoms. The zero-order chi connectivity index (χ0) is 21.5. The lowest BCUT2D eigenvalue weighted by molar-refractivity contribution is -0.119. The Hall–Kier alpha value is -3.41. The Morgan fingerprint density at radius 2 is 1.97 bits per heavy atom. The van der Waals surface area contributed by atoms with Gasteiger partial charge < -0.3 is 20.7 Å². The molecule has 2 aromatic heterocycles. The summed E-state index contributed by atoms with van der Waals surface area (Å²) in [5.74, 6) is -2.78. The van der Waals surface area contributed by atoms with E-state index in [1.165, 1.54) is 6.20 Å². The van der Waals surface area contributed by atoms with Crippen LogP contribution in [0.4, 0.5) is 30.8 Å². The van der Waals surface area contributed by atoms with Gasteiger partial charge in [-0.25, -0.2) is 23.1 Å². The molecule has 3 N–H and O–H groups in total. The number of anilines is 3. The van der Waals surface area contributed by atoms with E-state index in [9.17, 15) is 18.0 Å². The van der Waals surface area contributed by atoms with Gasteiger partial charge >= 0.3 is 0 Å². The summed E-state index contributed by atoms with van der Waals surface area (Å²) in [5.41, 5.74) is 0.331. The molecule has 2 saturated heterocycles. The predicted molar refractivity (Wildman–Crippen MR) is 111 cm³/mol. The average Bonchev–Trinajstić information content (AvgIpc) is 3.44. The topological polar surface area (TPSA) is 106 Å². The third kappa shape index (κ3) is 4.05. The first-order valence-corrected chi connectivity index (χ1v) is 9.75. The van der Waals surface area contributed by atoms with Gasteiger partial charge in [0, 0.05) is 31.7 Å². The first-order valence-electron chi connectivity index (χ1n) is 9.75. The normalized spacial score (nSPS) is 20.3. The molecule has 9 nitrogen and oxygen atoms in total. The first-order chi connectivity index (χ1) is 15.0. The van der Waals surface area contributed by atoms with Gasteiger partial charge in [-0.1, -0.05) is 7.43 Å². The van der Waals surface area contributed by atoms with Gasteiger partial charge in [-0.2, -0.15) is 4.98 Å². The second-order valence-corrected chi connectivity index (χ2v) is 7.44. The zero-order valence-corrected chi connectivity index (χ0v) is 16.2. The number of hydrogen-bond acceptors (Lipinski definition) is 7. The third-order valence-electron chi connectivity index (χ3n) is 5.26. The van der Waals surface area contributed by atoms with E-state index in [2.05, 4.69) is 30.9 Å². The van der Waals surface area contributed by atoms with Crippen LogP contribution in [-0.4, -0.2) is 51.2 Å². The molecule has 1 amide bonds. The highest BCUT2D eigenvalue weighted by molar-refractivity contribution is 5.80. The number of imidazole rings is 1. The minimum atomic E-state index is -1.08. The molecule has 0 unspecified atom stereocenters. The van der Waals surface area contributed by atoms with Crippen LogP contribution in [0.15, 0.2) is 18.3 Å². The monoisotopic (exact) mass is 449 g/mol. The van der Waals surface area contributed by atoms with Crippen molar-refractivity contribution in [3.05, 3.63) is 35.8 Å². The van der Waals surface area contributed by atoms with Crippen molar-refractivity contribution < 1.29 is 22.7 Å². The van der Waals surface area contributed by atoms with Crippen molar-refractivity contribution in [2.75, 3.05) is 30.4 Å². The van der Waals surface area contributed by atoms with Gasteiger partial charge in [-0.05, 0) is 6.42 Å². The number of nitrogens with one attached hydrogen (secondary N) is 3. The molecular formula is C20H22F3N7O2. The SMILES string of the molecule is C.O=C1C[C@H](Nc2ncc3nc(Nc4c(F)cc(F)cc4F)n([C@H]4CCOC4)c3n2)CN1. The quantitative estimate of drug-likeness (QED) is 0.550. The highest BCUT2D eigenvalue weighted by Gasteiger charge is 2.27. The van der Waals surface area contributed by atoms with E-state index in [4.69, 9.17) is 4.74 Å². The van der Waals surface area contributed by atoms with Crippen molar-refractivity contribution in [2.24, 2.45) is 0 Å². The molecule has 4 heterocycles. The maximum Gasteiger partial charge on any atom is 0.225 e. The molecule has 12 heteroatoms. The van der Waals surface area contributed by atoms with Crippen LogP contribution in [0.3, 0.4) is 0 Å². The summed E-state index contributed by atoms with van der Waals surface area (Å²) in [5, 5.41) is 8.47. The Balaban J connectivity index is 0.00000245. The summed E-state index contributed by atoms with van der Waals surface area (Å²) in [6.07, 6.45) is 2.46. The van der Waals surface area contributed by atoms with Gasteiger partial charge in [0.2, 0.25) is 17.8 Å². The number of hydrogen-bond donors (Lipinski definition) is 3. The van der Waals surface area contributed by atoms with Crippen LogP contribution in [0.2, 0.25) is 0 Å². The number of carbonyl (C=O) groups excluding carboxylic acids is 1. The average molecular weight is 449 g/mol. The van der Waals surface area contributed by atoms with Gasteiger partial charge in [0.05, 0.1) is 24.9 Å². The van der Waals surface area contributed by atoms with Crippen molar-refractivity contribution >= 4 is 34.7 Å². The van der Waals surface area contributed by atoms with Gasteiger partial charge in [0.25, 0.3) is 0 Å². The lowest BCUT2D eigenvalue weighted by Crippen LogP contribution is -2.23. The minimum absolute atomic E-state index is 0. The fourth-order valence-electron chi connectivity index (χ4n) is 3.78. The molecule has 170 valence electrons. The summed E-state index contributed by atoms with van der Waals surface area (Å²) in [4.78, 5) is 24.6. The van der Waals surface area contributed by atoms with Crippen LogP contribution in [0.1, 0.15) is 26.3 Å². The number of benzene rings is 1. The fraction of sp³-hybridized carbons (Fsp3) is 0.400. The number of ether oxygens (including phenoxy) is 1. The second kappa shape index (κ2) is 8.61. The van der Waals surface area contributed by atoms with E-state index in [0.717, 1.165) is 0 Å². The molecule has 1 aromatic carbocycles. The number of fused-ring (bicyclic) bond motifs is 1. The number of rotatable bonds is 5. The number of aromatic nitrogens is 4. The van der Waals surface area contributed by atoms with Crippen molar-refractivity contribution in [3.63, 3.8) is 0 Å². The molecule has 0 spiro atoms. The number of amides is 1. The molecule has 0 bridgehead atoms. The first kappa shape index (κ1) is 21.8. The zero-order valence-electron chi connectivity index (χ0n) is 16.2. The molecule has 0 aliphatic carbocycles. The van der Waals surface area contributed by atoms with Crippen molar-refractivity contribution in [3.8, 4) is 0 Å². The van der Waals surface area contributed by atoms with Crippen molar-refractivity contribution in [1.82, 2.24) is 24.8 Å². The van der Waals surface area contributed by atoms with Gasteiger partial charge in [0.15, 0.2) is 17.3 Å². The van der Waals surface area contributed by atoms with Gasteiger partial charge in [-0.3, -0.25) is 9.36 Å². The highest BCUT2D eigenvalue weighted by Crippen LogP contribution is 2.32. The maximum atomic E-state index is 14.2. The standard InChI is InChI=1S/C19H18F3N7O2.CH4/c20-9-3-12(21)16(13(22)4-9)27-19-26-14-7-24-18(25-10-5-15(30)23-6-10)28-17(14)29(19)11-1-2-31-8-11;/h3-4,7,10-11H,1-2,5-6,8H2,(H,23,30)(H,26,27)(H,24,25,28);1H4/t10-,11-;/m0./s1. The third-order valence-corrected chi connectivity index (χ3v) is 5.26. The van der Waals surface area contributed by atoms with Gasteiger partial charge in [-0.15, -0.1) is 0 Å². The van der Waals surface area contributed by atoms with E-state index in [-0.39, 0.29) is 31.4 Å². The number of halogens is 3. The number of nitrogens with zero attached hydrogens (tertiary/aromatic N) is 4. The Morgan fingerprint density at radius 3 is 2.62 bits per heavy atom. The largest absolute Gasteiger partial charge is 0.379 e.